The van der Waals surface area contributed by atoms with Gasteiger partial charge in [-0.15, -0.1) is 0 Å². The van der Waals surface area contributed by atoms with Crippen LogP contribution in [-0.4, -0.2) is 23.7 Å². The van der Waals surface area contributed by atoms with Crippen LogP contribution in [0.1, 0.15) is 70.8 Å². The number of carbonyl (C=O) groups is 1. The molecule has 4 aromatic carbocycles. The van der Waals surface area contributed by atoms with Crippen LogP contribution in [0.5, 0.6) is 5.75 Å². The van der Waals surface area contributed by atoms with E-state index in [9.17, 15) is 9.90 Å². The van der Waals surface area contributed by atoms with Gasteiger partial charge >= 0.3 is 5.97 Å². The maximum absolute atomic E-state index is 11.5. The number of ether oxygens (including phenoxy) is 1. The van der Waals surface area contributed by atoms with Crippen LogP contribution < -0.4 is 10.1 Å². The SMILES string of the molecule is Cc1cc(C2CC(CCCNC(C)c3cccc4ccccc34)Oc3ccccc32)ccc1C(=O)O. The minimum atomic E-state index is -0.880. The van der Waals surface area contributed by atoms with Gasteiger partial charge in [-0.1, -0.05) is 72.8 Å². The number of para-hydroxylation sites is 1. The molecule has 0 fully saturated rings. The van der Waals surface area contributed by atoms with Crippen LogP contribution in [0.4, 0.5) is 0 Å². The van der Waals surface area contributed by atoms with Crippen LogP contribution in [0.2, 0.25) is 0 Å². The number of nitrogens with one attached hydrogen (secondary N) is 1. The van der Waals surface area contributed by atoms with E-state index in [1.807, 2.05) is 37.3 Å². The number of rotatable bonds is 8. The van der Waals surface area contributed by atoms with Gasteiger partial charge in [0.25, 0.3) is 0 Å². The summed E-state index contributed by atoms with van der Waals surface area (Å²) >= 11 is 0. The second kappa shape index (κ2) is 10.5. The van der Waals surface area contributed by atoms with Crippen molar-refractivity contribution in [3.63, 3.8) is 0 Å². The maximum atomic E-state index is 11.5. The first-order valence-electron chi connectivity index (χ1n) is 12.8. The zero-order valence-electron chi connectivity index (χ0n) is 20.9. The van der Waals surface area contributed by atoms with Gasteiger partial charge in [-0.25, -0.2) is 4.79 Å². The van der Waals surface area contributed by atoms with Gasteiger partial charge < -0.3 is 15.2 Å². The number of benzene rings is 4. The number of aryl methyl sites for hydroxylation is 1. The fourth-order valence-electron chi connectivity index (χ4n) is 5.52. The molecule has 3 unspecified atom stereocenters. The molecular formula is C32H33NO3. The van der Waals surface area contributed by atoms with Crippen molar-refractivity contribution < 1.29 is 14.6 Å². The largest absolute Gasteiger partial charge is 0.490 e. The molecule has 0 bridgehead atoms. The molecule has 1 heterocycles. The van der Waals surface area contributed by atoms with Crippen LogP contribution in [0.25, 0.3) is 10.8 Å². The molecule has 4 nitrogen and oxygen atoms in total. The summed E-state index contributed by atoms with van der Waals surface area (Å²) in [5.41, 5.74) is 4.82. The lowest BCUT2D eigenvalue weighted by Gasteiger charge is -2.33. The number of carboxylic acids is 1. The molecule has 4 heteroatoms. The number of fused-ring (bicyclic) bond motifs is 2. The third-order valence-corrected chi connectivity index (χ3v) is 7.41. The topological polar surface area (TPSA) is 58.6 Å². The molecule has 1 aliphatic rings. The first-order valence-corrected chi connectivity index (χ1v) is 12.8. The van der Waals surface area contributed by atoms with Crippen LogP contribution in [0.3, 0.4) is 0 Å². The average molecular weight is 480 g/mol. The molecule has 0 saturated heterocycles. The summed E-state index contributed by atoms with van der Waals surface area (Å²) in [5, 5.41) is 15.7. The van der Waals surface area contributed by atoms with Gasteiger partial charge in [0.05, 0.1) is 11.7 Å². The molecule has 0 aliphatic carbocycles. The molecule has 1 aliphatic heterocycles. The lowest BCUT2D eigenvalue weighted by Crippen LogP contribution is -2.28. The van der Waals surface area contributed by atoms with Gasteiger partial charge in [0.1, 0.15) is 5.75 Å². The number of aromatic carboxylic acids is 1. The van der Waals surface area contributed by atoms with Crippen molar-refractivity contribution in [3.05, 3.63) is 113 Å². The Morgan fingerprint density at radius 3 is 2.64 bits per heavy atom. The highest BCUT2D eigenvalue weighted by molar-refractivity contribution is 5.89. The summed E-state index contributed by atoms with van der Waals surface area (Å²) in [4.78, 5) is 11.5. The van der Waals surface area contributed by atoms with Crippen molar-refractivity contribution in [1.82, 2.24) is 5.32 Å². The first kappa shape index (κ1) is 24.1. The molecule has 0 saturated carbocycles. The molecule has 0 spiro atoms. The summed E-state index contributed by atoms with van der Waals surface area (Å²) in [5.74, 6) is 0.259. The van der Waals surface area contributed by atoms with Crippen molar-refractivity contribution in [2.24, 2.45) is 0 Å². The lowest BCUT2D eigenvalue weighted by atomic mass is 9.82. The standard InChI is InChI=1S/C32H33NO3/c1-21-19-24(16-17-26(21)32(34)35)30-20-25(36-31-15-6-5-13-29(30)31)11-8-18-33-22(2)27-14-7-10-23-9-3-4-12-28(23)27/h3-7,9-10,12-17,19,22,25,30,33H,8,11,18,20H2,1-2H3,(H,34,35). The summed E-state index contributed by atoms with van der Waals surface area (Å²) < 4.78 is 6.40. The van der Waals surface area contributed by atoms with Gasteiger partial charge in [0.15, 0.2) is 0 Å². The highest BCUT2D eigenvalue weighted by Gasteiger charge is 2.29. The zero-order valence-corrected chi connectivity index (χ0v) is 20.9. The van der Waals surface area contributed by atoms with E-state index < -0.39 is 5.97 Å². The number of carboxylic acid groups (broad SMARTS) is 1. The predicted octanol–water partition coefficient (Wildman–Crippen LogP) is 7.26. The monoisotopic (exact) mass is 479 g/mol. The Bertz CT molecular complexity index is 1370. The van der Waals surface area contributed by atoms with Crippen LogP contribution in [0.15, 0.2) is 84.9 Å². The van der Waals surface area contributed by atoms with Crippen molar-refractivity contribution >= 4 is 16.7 Å². The summed E-state index contributed by atoms with van der Waals surface area (Å²) in [6, 6.07) is 29.3. The Hall–Kier alpha value is -3.63. The fraction of sp³-hybridized carbons (Fsp3) is 0.281. The Labute approximate surface area is 212 Å². The van der Waals surface area contributed by atoms with Crippen LogP contribution in [0, 0.1) is 6.92 Å². The Kier molecular flexibility index (Phi) is 7.06. The number of hydrogen-bond acceptors (Lipinski definition) is 3. The first-order chi connectivity index (χ1) is 17.5. The smallest absolute Gasteiger partial charge is 0.335 e. The molecular weight excluding hydrogens is 446 g/mol. The fourth-order valence-corrected chi connectivity index (χ4v) is 5.52. The molecule has 4 aromatic rings. The molecule has 5 rings (SSSR count). The second-order valence-corrected chi connectivity index (χ2v) is 9.83. The molecule has 0 amide bonds. The Balaban J connectivity index is 1.24. The molecule has 3 atom stereocenters. The Morgan fingerprint density at radius 2 is 1.81 bits per heavy atom. The van der Waals surface area contributed by atoms with Gasteiger partial charge in [-0.05, 0) is 79.3 Å². The van der Waals surface area contributed by atoms with Crippen molar-refractivity contribution in [2.45, 2.75) is 51.2 Å². The Morgan fingerprint density at radius 1 is 1.03 bits per heavy atom. The lowest BCUT2D eigenvalue weighted by molar-refractivity contribution is 0.0696. The van der Waals surface area contributed by atoms with E-state index in [4.69, 9.17) is 4.74 Å². The van der Waals surface area contributed by atoms with E-state index in [-0.39, 0.29) is 18.1 Å². The van der Waals surface area contributed by atoms with Gasteiger partial charge in [0, 0.05) is 17.5 Å². The molecule has 0 radical (unpaired) electrons. The molecule has 36 heavy (non-hydrogen) atoms. The van der Waals surface area contributed by atoms with E-state index in [1.165, 1.54) is 21.9 Å². The molecule has 0 aromatic heterocycles. The van der Waals surface area contributed by atoms with E-state index in [1.54, 1.807) is 6.07 Å². The predicted molar refractivity (Wildman–Crippen MR) is 145 cm³/mol. The van der Waals surface area contributed by atoms with Crippen LogP contribution >= 0.6 is 0 Å². The minimum absolute atomic E-state index is 0.124. The van der Waals surface area contributed by atoms with Crippen molar-refractivity contribution in [3.8, 4) is 5.75 Å². The van der Waals surface area contributed by atoms with E-state index in [0.29, 0.717) is 5.56 Å². The third-order valence-electron chi connectivity index (χ3n) is 7.41. The van der Waals surface area contributed by atoms with Gasteiger partial charge in [0.2, 0.25) is 0 Å². The average Bonchev–Trinajstić information content (AvgIpc) is 2.90. The molecule has 184 valence electrons. The van der Waals surface area contributed by atoms with Gasteiger partial charge in [-0.3, -0.25) is 0 Å². The zero-order chi connectivity index (χ0) is 25.1. The van der Waals surface area contributed by atoms with Crippen LogP contribution in [-0.2, 0) is 0 Å². The van der Waals surface area contributed by atoms with Gasteiger partial charge in [-0.2, -0.15) is 0 Å². The maximum Gasteiger partial charge on any atom is 0.335 e. The van der Waals surface area contributed by atoms with E-state index >= 15 is 0 Å². The van der Waals surface area contributed by atoms with E-state index in [2.05, 4.69) is 60.8 Å². The normalized spacial score (nSPS) is 17.8. The van der Waals surface area contributed by atoms with Crippen molar-refractivity contribution in [2.75, 3.05) is 6.54 Å². The minimum Gasteiger partial charge on any atom is -0.490 e. The third kappa shape index (κ3) is 5.00. The van der Waals surface area contributed by atoms with E-state index in [0.717, 1.165) is 42.7 Å². The summed E-state index contributed by atoms with van der Waals surface area (Å²) in [6.45, 7) is 5.02. The number of hydrogen-bond donors (Lipinski definition) is 2. The molecule has 2 N–H and O–H groups in total. The van der Waals surface area contributed by atoms with Crippen molar-refractivity contribution in [1.29, 1.82) is 0 Å². The highest BCUT2D eigenvalue weighted by atomic mass is 16.5. The highest BCUT2D eigenvalue weighted by Crippen LogP contribution is 2.41. The quantitative estimate of drug-likeness (QED) is 0.261. The summed E-state index contributed by atoms with van der Waals surface area (Å²) in [6.07, 6.45) is 3.00. The second-order valence-electron chi connectivity index (χ2n) is 9.83. The summed E-state index contributed by atoms with van der Waals surface area (Å²) in [7, 11) is 0.